The van der Waals surface area contributed by atoms with Gasteiger partial charge in [-0.25, -0.2) is 4.98 Å². The van der Waals surface area contributed by atoms with Gasteiger partial charge < -0.3 is 4.57 Å². The van der Waals surface area contributed by atoms with Crippen LogP contribution in [-0.2, 0) is 10.8 Å². The van der Waals surface area contributed by atoms with E-state index in [0.29, 0.717) is 0 Å². The molecule has 0 saturated carbocycles. The van der Waals surface area contributed by atoms with Gasteiger partial charge in [0.2, 0.25) is 0 Å². The molecule has 61 heavy (non-hydrogen) atoms. The summed E-state index contributed by atoms with van der Waals surface area (Å²) in [4.78, 5) is 15.1. The molecule has 290 valence electrons. The highest BCUT2D eigenvalue weighted by molar-refractivity contribution is 6.09. The summed E-state index contributed by atoms with van der Waals surface area (Å²) in [6, 6.07) is 72.4. The summed E-state index contributed by atoms with van der Waals surface area (Å²) in [5, 5.41) is 2.51. The predicted molar refractivity (Wildman–Crippen MR) is 250 cm³/mol. The molecule has 0 aliphatic carbocycles. The molecular formula is C56H41N5. The number of aromatic nitrogens is 3. The number of anilines is 6. The fraction of sp³-hybridized carbons (Fsp3) is 0.0714. The van der Waals surface area contributed by atoms with Crippen molar-refractivity contribution in [3.05, 3.63) is 246 Å². The van der Waals surface area contributed by atoms with Crippen LogP contribution in [0, 0.1) is 0 Å². The molecule has 5 heterocycles. The molecule has 0 spiro atoms. The van der Waals surface area contributed by atoms with E-state index in [4.69, 9.17) is 9.97 Å². The molecular weight excluding hydrogens is 743 g/mol. The van der Waals surface area contributed by atoms with E-state index in [9.17, 15) is 0 Å². The van der Waals surface area contributed by atoms with Gasteiger partial charge in [0.15, 0.2) is 0 Å². The van der Waals surface area contributed by atoms with E-state index < -0.39 is 5.41 Å². The molecule has 0 saturated heterocycles. The molecule has 0 bridgehead atoms. The molecule has 12 rings (SSSR count). The molecule has 2 aliphatic heterocycles. The number of pyridine rings is 2. The Kier molecular flexibility index (Phi) is 7.72. The minimum Gasteiger partial charge on any atom is -0.309 e. The third-order valence-corrected chi connectivity index (χ3v) is 13.1. The zero-order valence-corrected chi connectivity index (χ0v) is 33.9. The first-order chi connectivity index (χ1) is 30.0. The Morgan fingerprint density at radius 2 is 0.918 bits per heavy atom. The van der Waals surface area contributed by atoms with Crippen molar-refractivity contribution in [2.45, 2.75) is 24.7 Å². The van der Waals surface area contributed by atoms with Crippen molar-refractivity contribution in [2.75, 3.05) is 9.80 Å². The van der Waals surface area contributed by atoms with E-state index in [1.165, 1.54) is 49.6 Å². The van der Waals surface area contributed by atoms with Gasteiger partial charge in [-0.2, -0.15) is 0 Å². The molecule has 10 aromatic rings. The van der Waals surface area contributed by atoms with Gasteiger partial charge in [0.1, 0.15) is 11.6 Å². The number of nitrogens with zero attached hydrogens (tertiary/aromatic N) is 5. The molecule has 5 heteroatoms. The van der Waals surface area contributed by atoms with E-state index in [1.54, 1.807) is 0 Å². The maximum atomic E-state index is 5.63. The van der Waals surface area contributed by atoms with E-state index in [-0.39, 0.29) is 5.41 Å². The van der Waals surface area contributed by atoms with Crippen LogP contribution in [-0.4, -0.2) is 14.5 Å². The Labute approximate surface area is 355 Å². The zero-order valence-electron chi connectivity index (χ0n) is 33.9. The monoisotopic (exact) mass is 783 g/mol. The lowest BCUT2D eigenvalue weighted by Gasteiger charge is -2.46. The average Bonchev–Trinajstić information content (AvgIpc) is 3.66. The first-order valence-corrected chi connectivity index (χ1v) is 21.0. The van der Waals surface area contributed by atoms with Gasteiger partial charge in [-0.15, -0.1) is 0 Å². The van der Waals surface area contributed by atoms with Crippen LogP contribution in [0.3, 0.4) is 0 Å². The number of para-hydroxylation sites is 4. The summed E-state index contributed by atoms with van der Waals surface area (Å²) in [5.74, 6) is 1.66. The Morgan fingerprint density at radius 3 is 1.57 bits per heavy atom. The molecule has 0 unspecified atom stereocenters. The van der Waals surface area contributed by atoms with Crippen LogP contribution < -0.4 is 9.80 Å². The second-order valence-electron chi connectivity index (χ2n) is 16.6. The van der Waals surface area contributed by atoms with Crippen LogP contribution in [0.2, 0.25) is 0 Å². The van der Waals surface area contributed by atoms with Gasteiger partial charge in [0.05, 0.1) is 45.4 Å². The van der Waals surface area contributed by atoms with Crippen molar-refractivity contribution < 1.29 is 0 Å². The molecule has 5 nitrogen and oxygen atoms in total. The van der Waals surface area contributed by atoms with E-state index >= 15 is 0 Å². The van der Waals surface area contributed by atoms with Crippen LogP contribution >= 0.6 is 0 Å². The third kappa shape index (κ3) is 5.01. The molecule has 2 aliphatic rings. The molecule has 0 amide bonds. The quantitative estimate of drug-likeness (QED) is 0.174. The minimum atomic E-state index is -0.587. The molecule has 7 aromatic carbocycles. The van der Waals surface area contributed by atoms with Gasteiger partial charge in [-0.3, -0.25) is 14.8 Å². The third-order valence-electron chi connectivity index (χ3n) is 13.1. The topological polar surface area (TPSA) is 37.2 Å². The van der Waals surface area contributed by atoms with Gasteiger partial charge in [0.25, 0.3) is 0 Å². The second kappa shape index (κ2) is 13.4. The fourth-order valence-corrected chi connectivity index (χ4v) is 10.5. The highest BCUT2D eigenvalue weighted by Crippen LogP contribution is 2.58. The van der Waals surface area contributed by atoms with Crippen LogP contribution in [0.4, 0.5) is 34.4 Å². The molecule has 0 radical (unpaired) electrons. The normalized spacial score (nSPS) is 14.6. The first-order valence-electron chi connectivity index (χ1n) is 21.0. The first kappa shape index (κ1) is 35.2. The van der Waals surface area contributed by atoms with Crippen LogP contribution in [0.5, 0.6) is 0 Å². The van der Waals surface area contributed by atoms with Gasteiger partial charge in [-0.05, 0) is 94.0 Å². The molecule has 0 fully saturated rings. The summed E-state index contributed by atoms with van der Waals surface area (Å²) < 4.78 is 2.41. The maximum Gasteiger partial charge on any atom is 0.140 e. The molecule has 3 aromatic heterocycles. The highest BCUT2D eigenvalue weighted by atomic mass is 15.3. The highest BCUT2D eigenvalue weighted by Gasteiger charge is 2.47. The predicted octanol–water partition coefficient (Wildman–Crippen LogP) is 13.8. The Bertz CT molecular complexity index is 3170. The Hall–Kier alpha value is -7.76. The number of hydrogen-bond donors (Lipinski definition) is 0. The van der Waals surface area contributed by atoms with Crippen molar-refractivity contribution in [1.82, 2.24) is 14.5 Å². The van der Waals surface area contributed by atoms with Gasteiger partial charge in [-0.1, -0.05) is 153 Å². The number of benzene rings is 7. The van der Waals surface area contributed by atoms with Crippen LogP contribution in [0.25, 0.3) is 27.5 Å². The molecule has 0 atom stereocenters. The SMILES string of the molecule is CC1(C)c2ccccc2N(c2cccc(N3c4ccccc4C(c4ccccc4)(c4ccccc4)c4ccncc43)n2)c2ccc(-n3c4ccccc4c4ccccc43)cc21. The summed E-state index contributed by atoms with van der Waals surface area (Å²) in [6.07, 6.45) is 3.93. The largest absolute Gasteiger partial charge is 0.309 e. The molecule has 0 N–H and O–H groups in total. The van der Waals surface area contributed by atoms with Crippen molar-refractivity contribution in [2.24, 2.45) is 0 Å². The standard InChI is InChI=1S/C56H41N5/c1-55(2)43-24-11-15-28-49(43)60(51-33-32-40(36-46(51)55)59-47-26-13-9-22-41(47)42-23-10-14-27-48(42)59)53-30-17-31-54(58-53)61-50-29-16-12-25-44(50)56(38-18-5-3-6-19-38,39-20-7-4-8-21-39)45-34-35-57-37-52(45)61/h3-37H,1-2H3. The summed E-state index contributed by atoms with van der Waals surface area (Å²) in [6.45, 7) is 4.70. The lowest BCUT2D eigenvalue weighted by molar-refractivity contribution is 0.631. The smallest absolute Gasteiger partial charge is 0.140 e. The Morgan fingerprint density at radius 1 is 0.410 bits per heavy atom. The maximum absolute atomic E-state index is 5.63. The summed E-state index contributed by atoms with van der Waals surface area (Å²) >= 11 is 0. The van der Waals surface area contributed by atoms with Gasteiger partial charge in [0, 0.05) is 28.1 Å². The zero-order chi connectivity index (χ0) is 40.7. The lowest BCUT2D eigenvalue weighted by Crippen LogP contribution is -2.38. The number of fused-ring (bicyclic) bond motifs is 7. The van der Waals surface area contributed by atoms with Crippen molar-refractivity contribution >= 4 is 56.2 Å². The van der Waals surface area contributed by atoms with E-state index in [1.807, 2.05) is 12.4 Å². The summed E-state index contributed by atoms with van der Waals surface area (Å²) in [7, 11) is 0. The van der Waals surface area contributed by atoms with Gasteiger partial charge >= 0.3 is 0 Å². The van der Waals surface area contributed by atoms with Crippen molar-refractivity contribution in [3.63, 3.8) is 0 Å². The van der Waals surface area contributed by atoms with Crippen LogP contribution in [0.15, 0.2) is 213 Å². The fourth-order valence-electron chi connectivity index (χ4n) is 10.5. The minimum absolute atomic E-state index is 0.288. The second-order valence-corrected chi connectivity index (χ2v) is 16.6. The van der Waals surface area contributed by atoms with E-state index in [0.717, 1.165) is 45.6 Å². The number of rotatable bonds is 5. The van der Waals surface area contributed by atoms with Crippen molar-refractivity contribution in [1.29, 1.82) is 0 Å². The van der Waals surface area contributed by atoms with Crippen LogP contribution in [0.1, 0.15) is 47.2 Å². The van der Waals surface area contributed by atoms with E-state index in [2.05, 4.69) is 228 Å². The van der Waals surface area contributed by atoms with Crippen molar-refractivity contribution in [3.8, 4) is 5.69 Å². The Balaban J connectivity index is 1.06. The number of hydrogen-bond acceptors (Lipinski definition) is 4. The summed E-state index contributed by atoms with van der Waals surface area (Å²) in [5.41, 5.74) is 14.2. The average molecular weight is 784 g/mol. The lowest BCUT2D eigenvalue weighted by atomic mass is 9.63.